The van der Waals surface area contributed by atoms with Gasteiger partial charge in [-0.2, -0.15) is 5.10 Å². The molecule has 0 aliphatic carbocycles. The first kappa shape index (κ1) is 19.3. The largest absolute Gasteiger partial charge is 0.507 e. The quantitative estimate of drug-likeness (QED) is 0.361. The number of nitrogens with one attached hydrogen (secondary N) is 1. The van der Waals surface area contributed by atoms with Crippen molar-refractivity contribution >= 4 is 23.0 Å². The Hall–Kier alpha value is -4.06. The van der Waals surface area contributed by atoms with E-state index in [1.165, 1.54) is 6.07 Å². The van der Waals surface area contributed by atoms with Crippen LogP contribution in [0.25, 0.3) is 10.9 Å². The number of phenols is 1. The Kier molecular flexibility index (Phi) is 5.75. The topological polar surface area (TPSA) is 75.9 Å². The molecule has 0 radical (unpaired) electrons. The van der Waals surface area contributed by atoms with Crippen LogP contribution in [-0.2, 0) is 6.54 Å². The van der Waals surface area contributed by atoms with E-state index >= 15 is 0 Å². The van der Waals surface area contributed by atoms with Gasteiger partial charge in [0.2, 0.25) is 0 Å². The van der Waals surface area contributed by atoms with Gasteiger partial charge >= 0.3 is 0 Å². The fourth-order valence-electron chi connectivity index (χ4n) is 3.23. The van der Waals surface area contributed by atoms with Crippen LogP contribution in [0, 0.1) is 0 Å². The highest BCUT2D eigenvalue weighted by Gasteiger charge is 2.10. The first-order valence-electron chi connectivity index (χ1n) is 9.59. The van der Waals surface area contributed by atoms with Gasteiger partial charge in [0.15, 0.2) is 0 Å². The van der Waals surface area contributed by atoms with Crippen molar-refractivity contribution in [2.24, 2.45) is 5.10 Å². The molecule has 1 heterocycles. The molecular formula is C24H21N3O3. The van der Waals surface area contributed by atoms with E-state index in [0.717, 1.165) is 22.2 Å². The van der Waals surface area contributed by atoms with Crippen molar-refractivity contribution in [2.45, 2.75) is 6.54 Å². The molecule has 1 amide bonds. The van der Waals surface area contributed by atoms with Crippen molar-refractivity contribution in [1.29, 1.82) is 0 Å². The van der Waals surface area contributed by atoms with Crippen molar-refractivity contribution in [3.05, 3.63) is 96.2 Å². The summed E-state index contributed by atoms with van der Waals surface area (Å²) in [6, 6.07) is 24.0. The Balaban J connectivity index is 1.47. The van der Waals surface area contributed by atoms with Crippen LogP contribution in [-0.4, -0.2) is 28.4 Å². The van der Waals surface area contributed by atoms with Gasteiger partial charge in [-0.15, -0.1) is 0 Å². The number of carbonyl (C=O) groups is 1. The van der Waals surface area contributed by atoms with Crippen LogP contribution in [0.5, 0.6) is 11.5 Å². The average Bonchev–Trinajstić information content (AvgIpc) is 3.12. The molecule has 0 saturated carbocycles. The van der Waals surface area contributed by atoms with Crippen molar-refractivity contribution < 1.29 is 14.6 Å². The first-order chi connectivity index (χ1) is 14.7. The van der Waals surface area contributed by atoms with E-state index < -0.39 is 5.91 Å². The summed E-state index contributed by atoms with van der Waals surface area (Å²) in [5.41, 5.74) is 4.58. The zero-order valence-electron chi connectivity index (χ0n) is 16.2. The summed E-state index contributed by atoms with van der Waals surface area (Å²) in [7, 11) is 0. The van der Waals surface area contributed by atoms with Gasteiger partial charge in [-0.1, -0.05) is 48.5 Å². The number of benzene rings is 3. The lowest BCUT2D eigenvalue weighted by Crippen LogP contribution is -2.17. The molecule has 0 unspecified atom stereocenters. The molecule has 0 spiro atoms. The van der Waals surface area contributed by atoms with Crippen molar-refractivity contribution in [2.75, 3.05) is 6.61 Å². The van der Waals surface area contributed by atoms with E-state index in [1.807, 2.05) is 60.8 Å². The number of carbonyl (C=O) groups excluding carboxylic acids is 1. The number of amides is 1. The number of hydrazone groups is 1. The summed E-state index contributed by atoms with van der Waals surface area (Å²) in [4.78, 5) is 12.2. The second-order valence-electron chi connectivity index (χ2n) is 6.67. The van der Waals surface area contributed by atoms with Gasteiger partial charge in [-0.25, -0.2) is 5.43 Å². The number of nitrogens with zero attached hydrogens (tertiary/aromatic N) is 2. The maximum Gasteiger partial charge on any atom is 0.275 e. The third kappa shape index (κ3) is 4.33. The van der Waals surface area contributed by atoms with Crippen molar-refractivity contribution in [3.8, 4) is 11.5 Å². The number of phenolic OH excluding ortho intramolecular Hbond substituents is 1. The van der Waals surface area contributed by atoms with Gasteiger partial charge in [0.05, 0.1) is 18.3 Å². The lowest BCUT2D eigenvalue weighted by atomic mass is 10.2. The predicted molar refractivity (Wildman–Crippen MR) is 117 cm³/mol. The highest BCUT2D eigenvalue weighted by Crippen LogP contribution is 2.20. The van der Waals surface area contributed by atoms with Crippen LogP contribution >= 0.6 is 0 Å². The third-order valence-corrected chi connectivity index (χ3v) is 4.68. The molecule has 0 saturated heterocycles. The molecule has 0 aliphatic heterocycles. The normalized spacial score (nSPS) is 11.1. The lowest BCUT2D eigenvalue weighted by molar-refractivity contribution is 0.0952. The number of para-hydroxylation sites is 3. The standard InChI is InChI=1S/C24H21N3O3/c28-23-13-7-5-11-21(23)24(29)26-25-16-18-17-27(22-12-6-4-10-20(18)22)14-15-30-19-8-2-1-3-9-19/h1-13,16-17,28H,14-15H2,(H,26,29)/b25-16-. The Morgan fingerprint density at radius 2 is 1.73 bits per heavy atom. The minimum absolute atomic E-state index is 0.0831. The fourth-order valence-corrected chi connectivity index (χ4v) is 3.23. The van der Waals surface area contributed by atoms with E-state index in [4.69, 9.17) is 4.74 Å². The maximum absolute atomic E-state index is 12.2. The number of hydrogen-bond acceptors (Lipinski definition) is 4. The molecular weight excluding hydrogens is 378 g/mol. The molecule has 4 rings (SSSR count). The molecule has 0 fully saturated rings. The number of fused-ring (bicyclic) bond motifs is 1. The molecule has 0 bridgehead atoms. The van der Waals surface area contributed by atoms with Gasteiger partial charge in [0.25, 0.3) is 5.91 Å². The average molecular weight is 399 g/mol. The van der Waals surface area contributed by atoms with E-state index in [-0.39, 0.29) is 11.3 Å². The monoisotopic (exact) mass is 399 g/mol. The van der Waals surface area contributed by atoms with Gasteiger partial charge < -0.3 is 14.4 Å². The van der Waals surface area contributed by atoms with Crippen LogP contribution in [0.4, 0.5) is 0 Å². The smallest absolute Gasteiger partial charge is 0.275 e. The van der Waals surface area contributed by atoms with E-state index in [9.17, 15) is 9.90 Å². The third-order valence-electron chi connectivity index (χ3n) is 4.68. The Bertz CT molecular complexity index is 1180. The van der Waals surface area contributed by atoms with Gasteiger partial charge in [-0.3, -0.25) is 4.79 Å². The second-order valence-corrected chi connectivity index (χ2v) is 6.67. The van der Waals surface area contributed by atoms with Crippen LogP contribution in [0.1, 0.15) is 15.9 Å². The fraction of sp³-hybridized carbons (Fsp3) is 0.0833. The SMILES string of the molecule is O=C(N/N=C\c1cn(CCOc2ccccc2)c2ccccc12)c1ccccc1O. The summed E-state index contributed by atoms with van der Waals surface area (Å²) >= 11 is 0. The molecule has 1 aromatic heterocycles. The van der Waals surface area contributed by atoms with E-state index in [1.54, 1.807) is 24.4 Å². The summed E-state index contributed by atoms with van der Waals surface area (Å²) in [5.74, 6) is 0.284. The Morgan fingerprint density at radius 1 is 1.00 bits per heavy atom. The molecule has 30 heavy (non-hydrogen) atoms. The minimum Gasteiger partial charge on any atom is -0.507 e. The van der Waals surface area contributed by atoms with Gasteiger partial charge in [-0.05, 0) is 30.3 Å². The molecule has 6 heteroatoms. The summed E-state index contributed by atoms with van der Waals surface area (Å²) in [5, 5.41) is 14.9. The summed E-state index contributed by atoms with van der Waals surface area (Å²) in [6.07, 6.45) is 3.59. The number of ether oxygens (including phenoxy) is 1. The molecule has 150 valence electrons. The number of hydrogen-bond donors (Lipinski definition) is 2. The molecule has 4 aromatic rings. The second kappa shape index (κ2) is 8.96. The van der Waals surface area contributed by atoms with E-state index in [0.29, 0.717) is 13.2 Å². The van der Waals surface area contributed by atoms with Crippen LogP contribution < -0.4 is 10.2 Å². The number of aromatic hydroxyl groups is 1. The van der Waals surface area contributed by atoms with Gasteiger partial charge in [0, 0.05) is 22.7 Å². The molecule has 0 atom stereocenters. The highest BCUT2D eigenvalue weighted by atomic mass is 16.5. The number of aromatic nitrogens is 1. The number of rotatable bonds is 7. The predicted octanol–water partition coefficient (Wildman–Crippen LogP) is 4.19. The lowest BCUT2D eigenvalue weighted by Gasteiger charge is -2.08. The molecule has 6 nitrogen and oxygen atoms in total. The zero-order chi connectivity index (χ0) is 20.8. The molecule has 0 aliphatic rings. The molecule has 3 aromatic carbocycles. The summed E-state index contributed by atoms with van der Waals surface area (Å²) in [6.45, 7) is 1.21. The highest BCUT2D eigenvalue weighted by molar-refractivity contribution is 6.01. The Morgan fingerprint density at radius 3 is 2.57 bits per heavy atom. The minimum atomic E-state index is -0.468. The zero-order valence-corrected chi connectivity index (χ0v) is 16.2. The van der Waals surface area contributed by atoms with Crippen LogP contribution in [0.2, 0.25) is 0 Å². The summed E-state index contributed by atoms with van der Waals surface area (Å²) < 4.78 is 7.91. The van der Waals surface area contributed by atoms with E-state index in [2.05, 4.69) is 15.1 Å². The van der Waals surface area contributed by atoms with Crippen LogP contribution in [0.3, 0.4) is 0 Å². The van der Waals surface area contributed by atoms with Crippen molar-refractivity contribution in [3.63, 3.8) is 0 Å². The Labute approximate surface area is 174 Å². The van der Waals surface area contributed by atoms with Gasteiger partial charge in [0.1, 0.15) is 18.1 Å². The molecule has 2 N–H and O–H groups in total. The van der Waals surface area contributed by atoms with Crippen molar-refractivity contribution in [1.82, 2.24) is 9.99 Å². The van der Waals surface area contributed by atoms with Crippen LogP contribution in [0.15, 0.2) is 90.2 Å². The maximum atomic E-state index is 12.2. The first-order valence-corrected chi connectivity index (χ1v) is 9.59.